The molecule has 0 atom stereocenters. The maximum atomic E-state index is 12.3. The van der Waals surface area contributed by atoms with Gasteiger partial charge in [-0.1, -0.05) is 41.9 Å². The van der Waals surface area contributed by atoms with Crippen LogP contribution < -0.4 is 5.32 Å². The third-order valence-corrected chi connectivity index (χ3v) is 6.17. The molecule has 1 amide bonds. The van der Waals surface area contributed by atoms with Gasteiger partial charge in [0.2, 0.25) is 5.91 Å². The van der Waals surface area contributed by atoms with E-state index in [0.29, 0.717) is 18.1 Å². The van der Waals surface area contributed by atoms with Gasteiger partial charge in [0.1, 0.15) is 0 Å². The molecule has 0 radical (unpaired) electrons. The van der Waals surface area contributed by atoms with Gasteiger partial charge >= 0.3 is 0 Å². The van der Waals surface area contributed by atoms with Crippen LogP contribution in [-0.2, 0) is 11.3 Å². The van der Waals surface area contributed by atoms with Gasteiger partial charge in [-0.15, -0.1) is 0 Å². The quantitative estimate of drug-likeness (QED) is 0.619. The second-order valence-electron chi connectivity index (χ2n) is 8.02. The summed E-state index contributed by atoms with van der Waals surface area (Å²) in [6.07, 6.45) is 7.11. The molecule has 2 aromatic carbocycles. The number of carbonyl (C=O) groups excluding carboxylic acids is 1. The average molecular weight is 435 g/mol. The van der Waals surface area contributed by atoms with Gasteiger partial charge < -0.3 is 5.32 Å². The highest BCUT2D eigenvalue weighted by Crippen LogP contribution is 2.23. The molecule has 0 spiro atoms. The van der Waals surface area contributed by atoms with E-state index in [2.05, 4.69) is 59.6 Å². The Hall–Kier alpha value is -2.89. The Balaban J connectivity index is 1.32. The molecule has 0 bridgehead atoms. The fourth-order valence-electron chi connectivity index (χ4n) is 3.71. The minimum Gasteiger partial charge on any atom is -0.351 e. The van der Waals surface area contributed by atoms with Crippen molar-refractivity contribution in [2.75, 3.05) is 19.6 Å². The normalized spacial score (nSPS) is 14.4. The molecule has 5 nitrogen and oxygen atoms in total. The Labute approximate surface area is 188 Å². The largest absolute Gasteiger partial charge is 0.351 e. The van der Waals surface area contributed by atoms with Gasteiger partial charge in [0.15, 0.2) is 0 Å². The van der Waals surface area contributed by atoms with E-state index >= 15 is 0 Å². The molecule has 0 aliphatic carbocycles. The Morgan fingerprint density at radius 2 is 2.00 bits per heavy atom. The van der Waals surface area contributed by atoms with E-state index in [0.717, 1.165) is 36.3 Å². The van der Waals surface area contributed by atoms with Crippen LogP contribution in [0.1, 0.15) is 28.7 Å². The van der Waals surface area contributed by atoms with Crippen LogP contribution in [0.3, 0.4) is 0 Å². The Kier molecular flexibility index (Phi) is 6.54. The standard InChI is InChI=1S/C25H27ClN4O/c1-18-7-8-23(13-19(18)2)30-16-22(15-28-30)20-9-11-29(12-10-20)17-25(31)27-14-21-5-3-4-6-24(21)26/h3-9,13,15-16H,10-12,14,17H2,1-2H3,(H,27,31). The third-order valence-electron chi connectivity index (χ3n) is 5.80. The minimum atomic E-state index is 0.0133. The van der Waals surface area contributed by atoms with E-state index < -0.39 is 0 Å². The Morgan fingerprint density at radius 1 is 1.16 bits per heavy atom. The summed E-state index contributed by atoms with van der Waals surface area (Å²) in [6, 6.07) is 13.9. The van der Waals surface area contributed by atoms with Crippen LogP contribution in [0.15, 0.2) is 60.9 Å². The summed E-state index contributed by atoms with van der Waals surface area (Å²) in [5, 5.41) is 8.18. The van der Waals surface area contributed by atoms with Crippen molar-refractivity contribution in [2.45, 2.75) is 26.8 Å². The van der Waals surface area contributed by atoms with Gasteiger partial charge in [0.05, 0.1) is 18.4 Å². The maximum absolute atomic E-state index is 12.3. The van der Waals surface area contributed by atoms with Gasteiger partial charge in [0.25, 0.3) is 0 Å². The number of aryl methyl sites for hydroxylation is 2. The van der Waals surface area contributed by atoms with Crippen molar-refractivity contribution in [3.05, 3.63) is 88.2 Å². The number of hydrogen-bond acceptors (Lipinski definition) is 3. The van der Waals surface area contributed by atoms with Crippen molar-refractivity contribution in [1.82, 2.24) is 20.0 Å². The number of benzene rings is 2. The first-order valence-electron chi connectivity index (χ1n) is 10.5. The molecule has 0 unspecified atom stereocenters. The molecule has 0 saturated heterocycles. The molecule has 4 rings (SSSR count). The first-order valence-corrected chi connectivity index (χ1v) is 10.9. The van der Waals surface area contributed by atoms with E-state index in [1.807, 2.05) is 35.1 Å². The van der Waals surface area contributed by atoms with Gasteiger partial charge in [-0.3, -0.25) is 9.69 Å². The predicted octanol–water partition coefficient (Wildman–Crippen LogP) is 4.55. The van der Waals surface area contributed by atoms with Crippen molar-refractivity contribution in [2.24, 2.45) is 0 Å². The van der Waals surface area contributed by atoms with Crippen molar-refractivity contribution >= 4 is 23.1 Å². The van der Waals surface area contributed by atoms with E-state index in [9.17, 15) is 4.79 Å². The van der Waals surface area contributed by atoms with Crippen LogP contribution in [0.2, 0.25) is 5.02 Å². The monoisotopic (exact) mass is 434 g/mol. The fraction of sp³-hybridized carbons (Fsp3) is 0.280. The van der Waals surface area contributed by atoms with Gasteiger partial charge in [-0.2, -0.15) is 5.10 Å². The SMILES string of the molecule is Cc1ccc(-n2cc(C3=CCN(CC(=O)NCc4ccccc4Cl)CC3)cn2)cc1C. The molecule has 0 saturated carbocycles. The summed E-state index contributed by atoms with van der Waals surface area (Å²) in [5.74, 6) is 0.0133. The summed E-state index contributed by atoms with van der Waals surface area (Å²) in [7, 11) is 0. The van der Waals surface area contributed by atoms with Crippen LogP contribution in [0.25, 0.3) is 11.3 Å². The molecule has 6 heteroatoms. The zero-order valence-corrected chi connectivity index (χ0v) is 18.7. The number of aromatic nitrogens is 2. The summed E-state index contributed by atoms with van der Waals surface area (Å²) in [5.41, 5.74) is 6.96. The van der Waals surface area contributed by atoms with Crippen molar-refractivity contribution in [3.8, 4) is 5.69 Å². The molecule has 1 aliphatic heterocycles. The molecule has 0 fully saturated rings. The van der Waals surface area contributed by atoms with Gasteiger partial charge in [-0.25, -0.2) is 4.68 Å². The maximum Gasteiger partial charge on any atom is 0.234 e. The van der Waals surface area contributed by atoms with Crippen molar-refractivity contribution < 1.29 is 4.79 Å². The molecule has 160 valence electrons. The van der Waals surface area contributed by atoms with Crippen LogP contribution in [-0.4, -0.2) is 40.2 Å². The zero-order chi connectivity index (χ0) is 21.8. The molecular formula is C25H27ClN4O. The highest BCUT2D eigenvalue weighted by atomic mass is 35.5. The van der Waals surface area contributed by atoms with Gasteiger partial charge in [0, 0.05) is 36.4 Å². The fourth-order valence-corrected chi connectivity index (χ4v) is 3.91. The number of nitrogens with one attached hydrogen (secondary N) is 1. The lowest BCUT2D eigenvalue weighted by Gasteiger charge is -2.25. The number of rotatable bonds is 6. The minimum absolute atomic E-state index is 0.0133. The topological polar surface area (TPSA) is 50.2 Å². The molecule has 1 N–H and O–H groups in total. The first kappa shape index (κ1) is 21.3. The lowest BCUT2D eigenvalue weighted by molar-refractivity contribution is -0.122. The van der Waals surface area contributed by atoms with E-state index in [-0.39, 0.29) is 5.91 Å². The molecule has 1 aliphatic rings. The van der Waals surface area contributed by atoms with Crippen LogP contribution in [0, 0.1) is 13.8 Å². The second kappa shape index (κ2) is 9.50. The summed E-state index contributed by atoms with van der Waals surface area (Å²) >= 11 is 6.15. The first-order chi connectivity index (χ1) is 15.0. The number of carbonyl (C=O) groups is 1. The zero-order valence-electron chi connectivity index (χ0n) is 17.9. The number of halogens is 1. The molecular weight excluding hydrogens is 408 g/mol. The molecule has 1 aromatic heterocycles. The number of amides is 1. The van der Waals surface area contributed by atoms with Crippen molar-refractivity contribution in [1.29, 1.82) is 0 Å². The summed E-state index contributed by atoms with van der Waals surface area (Å²) < 4.78 is 1.93. The van der Waals surface area contributed by atoms with Crippen LogP contribution >= 0.6 is 11.6 Å². The third kappa shape index (κ3) is 5.24. The van der Waals surface area contributed by atoms with E-state index in [1.165, 1.54) is 16.7 Å². The Morgan fingerprint density at radius 3 is 2.74 bits per heavy atom. The lowest BCUT2D eigenvalue weighted by Crippen LogP contribution is -2.39. The van der Waals surface area contributed by atoms with E-state index in [4.69, 9.17) is 11.6 Å². The van der Waals surface area contributed by atoms with Gasteiger partial charge in [-0.05, 0) is 60.7 Å². The highest BCUT2D eigenvalue weighted by molar-refractivity contribution is 6.31. The van der Waals surface area contributed by atoms with Crippen LogP contribution in [0.4, 0.5) is 0 Å². The average Bonchev–Trinajstić information content (AvgIpc) is 3.26. The molecule has 31 heavy (non-hydrogen) atoms. The van der Waals surface area contributed by atoms with E-state index in [1.54, 1.807) is 0 Å². The summed E-state index contributed by atoms with van der Waals surface area (Å²) in [4.78, 5) is 14.5. The Bertz CT molecular complexity index is 1120. The van der Waals surface area contributed by atoms with Crippen LogP contribution in [0.5, 0.6) is 0 Å². The smallest absolute Gasteiger partial charge is 0.234 e. The molecule has 3 aromatic rings. The number of nitrogens with zero attached hydrogens (tertiary/aromatic N) is 3. The predicted molar refractivity (Wildman–Crippen MR) is 125 cm³/mol. The lowest BCUT2D eigenvalue weighted by atomic mass is 10.0. The van der Waals surface area contributed by atoms with Crippen molar-refractivity contribution in [3.63, 3.8) is 0 Å². The highest BCUT2D eigenvalue weighted by Gasteiger charge is 2.17. The molecule has 2 heterocycles. The second-order valence-corrected chi connectivity index (χ2v) is 8.43. The number of hydrogen-bond donors (Lipinski definition) is 1. The summed E-state index contributed by atoms with van der Waals surface area (Å²) in [6.45, 7) is 6.67.